The summed E-state index contributed by atoms with van der Waals surface area (Å²) in [4.78, 5) is 20.2. The number of ether oxygens (including phenoxy) is 1. The molecule has 0 N–H and O–H groups in total. The second-order valence-electron chi connectivity index (χ2n) is 5.36. The predicted octanol–water partition coefficient (Wildman–Crippen LogP) is 3.02. The summed E-state index contributed by atoms with van der Waals surface area (Å²) in [7, 11) is 5.29. The largest absolute Gasteiger partial charge is 0.469 e. The quantitative estimate of drug-likeness (QED) is 0.283. The maximum atomic E-state index is 12.3. The fourth-order valence-corrected chi connectivity index (χ4v) is 3.84. The molecular formula is C13H18Br4N4O2. The summed E-state index contributed by atoms with van der Waals surface area (Å²) in [6, 6.07) is 0. The summed E-state index contributed by atoms with van der Waals surface area (Å²) in [6.45, 7) is 0.988. The van der Waals surface area contributed by atoms with Crippen molar-refractivity contribution in [2.45, 2.75) is 6.96 Å². The summed E-state index contributed by atoms with van der Waals surface area (Å²) < 4.78 is 3.92. The molecule has 23 heavy (non-hydrogen) atoms. The number of carbonyl (C=O) groups excluding carboxylic acids is 1. The molecule has 0 unspecified atom stereocenters. The van der Waals surface area contributed by atoms with Gasteiger partial charge >= 0.3 is 5.97 Å². The highest BCUT2D eigenvalue weighted by Gasteiger charge is 2.42. The molecule has 0 atom stereocenters. The number of hydrogen-bond acceptors (Lipinski definition) is 6. The van der Waals surface area contributed by atoms with Crippen molar-refractivity contribution >= 4 is 69.7 Å². The van der Waals surface area contributed by atoms with E-state index in [4.69, 9.17) is 4.74 Å². The van der Waals surface area contributed by atoms with Crippen LogP contribution in [0.15, 0.2) is 24.8 Å². The fourth-order valence-electron chi connectivity index (χ4n) is 2.31. The van der Waals surface area contributed by atoms with Gasteiger partial charge in [-0.1, -0.05) is 0 Å². The summed E-state index contributed by atoms with van der Waals surface area (Å²) in [5, 5.41) is 0. The monoisotopic (exact) mass is 578 g/mol. The van der Waals surface area contributed by atoms with Gasteiger partial charge in [0, 0.05) is 52.0 Å². The summed E-state index contributed by atoms with van der Waals surface area (Å²) >= 11 is 14.5. The zero-order chi connectivity index (χ0) is 17.4. The van der Waals surface area contributed by atoms with E-state index < -0.39 is 6.96 Å². The lowest BCUT2D eigenvalue weighted by atomic mass is 10.1. The second kappa shape index (κ2) is 7.13. The van der Waals surface area contributed by atoms with E-state index in [1.807, 2.05) is 58.5 Å². The standard InChI is InChI=1S/C13H18Br4N4O2/c1-18-4-6-20(12(18,14)15)8-10(11(22)23-3)9-21-7-5-19(2)13(21,16)17/h4-7,10H,8-9H2,1-3H3. The normalized spacial score (nSPS) is 21.7. The molecule has 2 rings (SSSR count). The Morgan fingerprint density at radius 3 is 1.61 bits per heavy atom. The molecule has 0 aromatic rings. The topological polar surface area (TPSA) is 39.3 Å². The van der Waals surface area contributed by atoms with Crippen molar-refractivity contribution < 1.29 is 9.53 Å². The number of halogens is 4. The second-order valence-corrected chi connectivity index (χ2v) is 11.9. The van der Waals surface area contributed by atoms with Gasteiger partial charge in [-0.25, -0.2) is 0 Å². The molecule has 0 saturated heterocycles. The van der Waals surface area contributed by atoms with Crippen LogP contribution in [0.1, 0.15) is 0 Å². The van der Waals surface area contributed by atoms with Crippen LogP contribution < -0.4 is 0 Å². The number of alkyl halides is 4. The number of esters is 1. The molecule has 2 aliphatic rings. The maximum Gasteiger partial charge on any atom is 0.312 e. The first-order valence-electron chi connectivity index (χ1n) is 6.80. The van der Waals surface area contributed by atoms with E-state index in [9.17, 15) is 4.79 Å². The van der Waals surface area contributed by atoms with Crippen LogP contribution in [0.3, 0.4) is 0 Å². The minimum absolute atomic E-state index is 0.248. The third kappa shape index (κ3) is 3.85. The number of rotatable bonds is 5. The third-order valence-corrected chi connectivity index (χ3v) is 7.91. The van der Waals surface area contributed by atoms with E-state index in [0.717, 1.165) is 0 Å². The van der Waals surface area contributed by atoms with Crippen molar-refractivity contribution in [1.82, 2.24) is 19.6 Å². The Kier molecular flexibility index (Phi) is 6.01. The molecule has 0 amide bonds. The Bertz CT molecular complexity index is 488. The number of methoxy groups -OCH3 is 1. The lowest BCUT2D eigenvalue weighted by Gasteiger charge is -2.38. The minimum Gasteiger partial charge on any atom is -0.469 e. The molecule has 0 fully saturated rings. The fraction of sp³-hybridized carbons (Fsp3) is 0.615. The van der Waals surface area contributed by atoms with Crippen molar-refractivity contribution in [3.8, 4) is 0 Å². The summed E-state index contributed by atoms with van der Waals surface area (Å²) in [5.74, 6) is -0.584. The molecule has 130 valence electrons. The molecule has 0 aromatic heterocycles. The molecule has 2 heterocycles. The van der Waals surface area contributed by atoms with E-state index in [2.05, 4.69) is 63.7 Å². The molecule has 2 aliphatic heterocycles. The summed E-state index contributed by atoms with van der Waals surface area (Å²) in [5.41, 5.74) is 0. The zero-order valence-corrected chi connectivity index (χ0v) is 19.3. The van der Waals surface area contributed by atoms with E-state index >= 15 is 0 Å². The van der Waals surface area contributed by atoms with Gasteiger partial charge in [0.05, 0.1) is 13.0 Å². The van der Waals surface area contributed by atoms with Gasteiger partial charge in [0.25, 0.3) is 0 Å². The Morgan fingerprint density at radius 2 is 1.35 bits per heavy atom. The Hall–Kier alpha value is 0.0700. The molecule has 6 nitrogen and oxygen atoms in total. The van der Waals surface area contributed by atoms with Gasteiger partial charge in [0.1, 0.15) is 0 Å². The average molecular weight is 582 g/mol. The molecule has 0 bridgehead atoms. The van der Waals surface area contributed by atoms with Crippen molar-refractivity contribution in [3.05, 3.63) is 24.8 Å². The first-order valence-corrected chi connectivity index (χ1v) is 9.97. The lowest BCUT2D eigenvalue weighted by molar-refractivity contribution is -0.146. The van der Waals surface area contributed by atoms with Crippen LogP contribution in [0.4, 0.5) is 0 Å². The van der Waals surface area contributed by atoms with Crippen LogP contribution in [0.5, 0.6) is 0 Å². The first-order chi connectivity index (χ1) is 10.6. The van der Waals surface area contributed by atoms with E-state index in [1.54, 1.807) is 0 Å². The molecule has 0 spiro atoms. The third-order valence-electron chi connectivity index (χ3n) is 3.85. The first kappa shape index (κ1) is 19.4. The van der Waals surface area contributed by atoms with Gasteiger partial charge in [-0.05, 0) is 63.7 Å². The van der Waals surface area contributed by atoms with Gasteiger partial charge in [-0.2, -0.15) is 0 Å². The minimum atomic E-state index is -0.538. The van der Waals surface area contributed by atoms with Gasteiger partial charge < -0.3 is 24.3 Å². The van der Waals surface area contributed by atoms with Crippen LogP contribution >= 0.6 is 63.7 Å². The van der Waals surface area contributed by atoms with Crippen LogP contribution in [0, 0.1) is 5.92 Å². The SMILES string of the molecule is COC(=O)C(CN1C=CN(C)C1(Br)Br)CN1C=CN(C)C1(Br)Br. The van der Waals surface area contributed by atoms with Gasteiger partial charge in [-0.3, -0.25) is 4.79 Å². The van der Waals surface area contributed by atoms with Crippen molar-refractivity contribution in [3.63, 3.8) is 0 Å². The van der Waals surface area contributed by atoms with E-state index in [-0.39, 0.29) is 11.9 Å². The number of hydrogen-bond donors (Lipinski definition) is 0. The highest BCUT2D eigenvalue weighted by Crippen LogP contribution is 2.41. The molecule has 0 aliphatic carbocycles. The lowest BCUT2D eigenvalue weighted by Crippen LogP contribution is -2.49. The highest BCUT2D eigenvalue weighted by molar-refractivity contribution is 9.25. The number of nitrogens with zero attached hydrogens (tertiary/aromatic N) is 4. The Labute approximate surface area is 170 Å². The van der Waals surface area contributed by atoms with Gasteiger partial charge in [0.2, 0.25) is 6.96 Å². The van der Waals surface area contributed by atoms with Crippen LogP contribution in [0.25, 0.3) is 0 Å². The van der Waals surface area contributed by atoms with Crippen LogP contribution in [-0.2, 0) is 9.53 Å². The van der Waals surface area contributed by atoms with Crippen LogP contribution in [0.2, 0.25) is 0 Å². The van der Waals surface area contributed by atoms with E-state index in [0.29, 0.717) is 13.1 Å². The number of carbonyl (C=O) groups is 1. The molecule has 0 aromatic carbocycles. The highest BCUT2D eigenvalue weighted by atomic mass is 79.9. The average Bonchev–Trinajstić information content (AvgIpc) is 2.88. The Morgan fingerprint density at radius 1 is 0.957 bits per heavy atom. The van der Waals surface area contributed by atoms with Crippen LogP contribution in [-0.4, -0.2) is 66.8 Å². The Balaban J connectivity index is 2.12. The van der Waals surface area contributed by atoms with Crippen molar-refractivity contribution in [2.75, 3.05) is 34.3 Å². The maximum absolute atomic E-state index is 12.3. The smallest absolute Gasteiger partial charge is 0.312 e. The van der Waals surface area contributed by atoms with E-state index in [1.165, 1.54) is 7.11 Å². The predicted molar refractivity (Wildman–Crippen MR) is 104 cm³/mol. The van der Waals surface area contributed by atoms with Gasteiger partial charge in [0.15, 0.2) is 0 Å². The molecule has 0 radical (unpaired) electrons. The zero-order valence-electron chi connectivity index (χ0n) is 12.9. The van der Waals surface area contributed by atoms with Crippen molar-refractivity contribution in [2.24, 2.45) is 5.92 Å². The molecule has 10 heteroatoms. The molecule has 0 saturated carbocycles. The van der Waals surface area contributed by atoms with Crippen molar-refractivity contribution in [1.29, 1.82) is 0 Å². The summed E-state index contributed by atoms with van der Waals surface area (Å²) in [6.07, 6.45) is 7.73. The van der Waals surface area contributed by atoms with Gasteiger partial charge in [-0.15, -0.1) is 0 Å². The molecular weight excluding hydrogens is 564 g/mol.